The summed E-state index contributed by atoms with van der Waals surface area (Å²) >= 11 is 0. The molecule has 0 fully saturated rings. The second-order valence-corrected chi connectivity index (χ2v) is 6.94. The number of hydrogen-bond acceptors (Lipinski definition) is 5. The summed E-state index contributed by atoms with van der Waals surface area (Å²) in [7, 11) is -2.55. The molecule has 1 atom stereocenters. The van der Waals surface area contributed by atoms with Crippen molar-refractivity contribution in [2.24, 2.45) is 0 Å². The van der Waals surface area contributed by atoms with Gasteiger partial charge in [0.1, 0.15) is 5.75 Å². The van der Waals surface area contributed by atoms with Crippen LogP contribution in [0.3, 0.4) is 0 Å². The van der Waals surface area contributed by atoms with Crippen LogP contribution in [0.5, 0.6) is 5.75 Å². The van der Waals surface area contributed by atoms with Gasteiger partial charge in [-0.1, -0.05) is 18.2 Å². The average Bonchev–Trinajstić information content (AvgIpc) is 2.75. The van der Waals surface area contributed by atoms with E-state index in [1.54, 1.807) is 30.3 Å². The van der Waals surface area contributed by atoms with Crippen LogP contribution in [0.1, 0.15) is 18.0 Å². The normalized spacial score (nSPS) is 18.5. The van der Waals surface area contributed by atoms with Crippen molar-refractivity contribution in [1.82, 2.24) is 0 Å². The molecule has 0 aliphatic carbocycles. The zero-order valence-corrected chi connectivity index (χ0v) is 13.2. The van der Waals surface area contributed by atoms with E-state index in [0.29, 0.717) is 11.3 Å². The predicted octanol–water partition coefficient (Wildman–Crippen LogP) is 2.21. The number of methoxy groups -OCH3 is 1. The van der Waals surface area contributed by atoms with Gasteiger partial charge in [0.2, 0.25) is 0 Å². The average molecular weight is 333 g/mol. The van der Waals surface area contributed by atoms with Crippen molar-refractivity contribution in [2.75, 3.05) is 11.4 Å². The van der Waals surface area contributed by atoms with Crippen LogP contribution in [0.25, 0.3) is 0 Å². The van der Waals surface area contributed by atoms with Crippen molar-refractivity contribution in [3.05, 3.63) is 54.1 Å². The summed E-state index contributed by atoms with van der Waals surface area (Å²) in [6, 6.07) is 11.8. The van der Waals surface area contributed by atoms with Gasteiger partial charge in [-0.2, -0.15) is 0 Å². The van der Waals surface area contributed by atoms with Crippen LogP contribution < -0.4 is 4.31 Å². The lowest BCUT2D eigenvalue weighted by atomic mass is 10.0. The van der Waals surface area contributed by atoms with Gasteiger partial charge in [-0.05, 0) is 30.3 Å². The van der Waals surface area contributed by atoms with Gasteiger partial charge < -0.3 is 9.84 Å². The number of fused-ring (bicyclic) bond motifs is 1. The Hall–Kier alpha value is -2.54. The minimum absolute atomic E-state index is 0.0521. The fourth-order valence-electron chi connectivity index (χ4n) is 2.76. The highest BCUT2D eigenvalue weighted by atomic mass is 32.2. The molecule has 0 spiro atoms. The van der Waals surface area contributed by atoms with Gasteiger partial charge in [0.25, 0.3) is 10.0 Å². The van der Waals surface area contributed by atoms with Crippen molar-refractivity contribution in [3.8, 4) is 5.75 Å². The van der Waals surface area contributed by atoms with Crippen molar-refractivity contribution in [3.63, 3.8) is 0 Å². The van der Waals surface area contributed by atoms with Crippen LogP contribution in [0.15, 0.2) is 53.4 Å². The molecule has 0 aromatic heterocycles. The van der Waals surface area contributed by atoms with Crippen LogP contribution in [-0.2, 0) is 19.6 Å². The van der Waals surface area contributed by atoms with E-state index < -0.39 is 22.0 Å². The van der Waals surface area contributed by atoms with Crippen molar-refractivity contribution in [1.29, 1.82) is 0 Å². The van der Waals surface area contributed by atoms with Gasteiger partial charge in [-0.25, -0.2) is 8.42 Å². The highest BCUT2D eigenvalue weighted by Crippen LogP contribution is 2.45. The van der Waals surface area contributed by atoms with Crippen LogP contribution in [0.2, 0.25) is 0 Å². The van der Waals surface area contributed by atoms with Crippen LogP contribution in [-0.4, -0.2) is 26.6 Å². The third-order valence-corrected chi connectivity index (χ3v) is 5.68. The number of carbonyl (C=O) groups is 1. The van der Waals surface area contributed by atoms with Gasteiger partial charge >= 0.3 is 5.97 Å². The number of phenolic OH excluding ortho intramolecular Hbond substituents is 1. The van der Waals surface area contributed by atoms with E-state index in [4.69, 9.17) is 0 Å². The lowest BCUT2D eigenvalue weighted by Crippen LogP contribution is -2.29. The first-order chi connectivity index (χ1) is 10.9. The Morgan fingerprint density at radius 1 is 1.22 bits per heavy atom. The molecule has 1 unspecified atom stereocenters. The summed E-state index contributed by atoms with van der Waals surface area (Å²) in [6.07, 6.45) is -0.138. The number of aromatic hydroxyl groups is 1. The molecule has 0 bridgehead atoms. The van der Waals surface area contributed by atoms with Crippen LogP contribution in [0.4, 0.5) is 5.69 Å². The molecule has 1 heterocycles. The first-order valence-electron chi connectivity index (χ1n) is 6.94. The summed E-state index contributed by atoms with van der Waals surface area (Å²) in [4.78, 5) is 11.8. The third kappa shape index (κ3) is 2.53. The molecule has 2 aromatic rings. The number of carbonyl (C=O) groups excluding carboxylic acids is 1. The van der Waals surface area contributed by atoms with Gasteiger partial charge in [-0.15, -0.1) is 0 Å². The van der Waals surface area contributed by atoms with Gasteiger partial charge in [0.15, 0.2) is 0 Å². The maximum absolute atomic E-state index is 12.9. The first-order valence-corrected chi connectivity index (χ1v) is 8.38. The van der Waals surface area contributed by atoms with Gasteiger partial charge in [0, 0.05) is 5.56 Å². The summed E-state index contributed by atoms with van der Waals surface area (Å²) in [6.45, 7) is 0. The highest BCUT2D eigenvalue weighted by molar-refractivity contribution is 7.93. The summed E-state index contributed by atoms with van der Waals surface area (Å²) in [5, 5.41) is 9.70. The Kier molecular flexibility index (Phi) is 3.73. The molecule has 2 aromatic carbocycles. The van der Waals surface area contributed by atoms with Gasteiger partial charge in [0.05, 0.1) is 30.2 Å². The molecule has 0 saturated carbocycles. The zero-order valence-electron chi connectivity index (χ0n) is 12.3. The van der Waals surface area contributed by atoms with Crippen molar-refractivity contribution < 1.29 is 23.1 Å². The molecule has 120 valence electrons. The third-order valence-electron chi connectivity index (χ3n) is 3.77. The zero-order chi connectivity index (χ0) is 16.6. The van der Waals surface area contributed by atoms with E-state index in [2.05, 4.69) is 4.74 Å². The van der Waals surface area contributed by atoms with E-state index >= 15 is 0 Å². The van der Waals surface area contributed by atoms with E-state index in [-0.39, 0.29) is 17.1 Å². The standard InChI is InChI=1S/C16H15NO5S/c1-22-16(19)10-14-13-9-12(18)7-8-15(13)23(20,21)17(14)11-5-3-2-4-6-11/h2-9,14,18H,10H2,1H3. The number of para-hydroxylation sites is 1. The Balaban J connectivity index is 2.19. The number of esters is 1. The Morgan fingerprint density at radius 2 is 1.91 bits per heavy atom. The minimum atomic E-state index is -3.80. The SMILES string of the molecule is COC(=O)CC1c2cc(O)ccc2S(=O)(=O)N1c1ccccc1. The molecule has 1 aliphatic heterocycles. The molecule has 1 aliphatic rings. The molecule has 3 rings (SSSR count). The Labute approximate surface area is 134 Å². The van der Waals surface area contributed by atoms with E-state index in [1.165, 1.54) is 29.6 Å². The molecule has 23 heavy (non-hydrogen) atoms. The lowest BCUT2D eigenvalue weighted by Gasteiger charge is -2.24. The largest absolute Gasteiger partial charge is 0.508 e. The Morgan fingerprint density at radius 3 is 2.57 bits per heavy atom. The number of nitrogens with zero attached hydrogens (tertiary/aromatic N) is 1. The fraction of sp³-hybridized carbons (Fsp3) is 0.188. The first kappa shape index (κ1) is 15.4. The van der Waals surface area contributed by atoms with E-state index in [9.17, 15) is 18.3 Å². The second-order valence-electron chi connectivity index (χ2n) is 5.15. The summed E-state index contributed by atoms with van der Waals surface area (Å²) in [5.74, 6) is -0.578. The molecule has 0 amide bonds. The Bertz CT molecular complexity index is 848. The monoisotopic (exact) mass is 333 g/mol. The number of ether oxygens (including phenoxy) is 1. The summed E-state index contributed by atoms with van der Waals surface area (Å²) < 4.78 is 31.6. The van der Waals surface area contributed by atoms with Crippen molar-refractivity contribution in [2.45, 2.75) is 17.4 Å². The molecule has 6 nitrogen and oxygen atoms in total. The molecule has 7 heteroatoms. The maximum Gasteiger partial charge on any atom is 0.307 e. The smallest absolute Gasteiger partial charge is 0.307 e. The second kappa shape index (κ2) is 5.58. The minimum Gasteiger partial charge on any atom is -0.508 e. The van der Waals surface area contributed by atoms with E-state index in [1.807, 2.05) is 0 Å². The number of sulfonamides is 1. The molecule has 0 saturated heterocycles. The molecular formula is C16H15NO5S. The number of hydrogen-bond donors (Lipinski definition) is 1. The quantitative estimate of drug-likeness (QED) is 0.871. The number of rotatable bonds is 3. The summed E-state index contributed by atoms with van der Waals surface area (Å²) in [5.41, 5.74) is 0.844. The van der Waals surface area contributed by atoms with E-state index in [0.717, 1.165) is 0 Å². The van der Waals surface area contributed by atoms with Crippen molar-refractivity contribution >= 4 is 21.7 Å². The molecule has 0 radical (unpaired) electrons. The lowest BCUT2D eigenvalue weighted by molar-refractivity contribution is -0.141. The van der Waals surface area contributed by atoms with Crippen LogP contribution in [0, 0.1) is 0 Å². The number of benzene rings is 2. The topological polar surface area (TPSA) is 83.9 Å². The van der Waals surface area contributed by atoms with Crippen LogP contribution >= 0.6 is 0 Å². The maximum atomic E-state index is 12.9. The fourth-order valence-corrected chi connectivity index (χ4v) is 4.63. The predicted molar refractivity (Wildman–Crippen MR) is 83.6 cm³/mol. The van der Waals surface area contributed by atoms with Gasteiger partial charge in [-0.3, -0.25) is 9.10 Å². The molecular weight excluding hydrogens is 318 g/mol. The number of anilines is 1. The highest BCUT2D eigenvalue weighted by Gasteiger charge is 2.44. The number of phenols is 1. The molecule has 1 N–H and O–H groups in total.